The Bertz CT molecular complexity index is 1540. The fraction of sp³-hybridized carbons (Fsp3) is 0.382. The van der Waals surface area contributed by atoms with Gasteiger partial charge in [0.15, 0.2) is 0 Å². The average Bonchev–Trinajstić information content (AvgIpc) is 3.49. The molecule has 5 rings (SSSR count). The Balaban J connectivity index is 0.00000148. The first-order valence-electron chi connectivity index (χ1n) is 15.2. The molecule has 0 unspecified atom stereocenters. The minimum absolute atomic E-state index is 0.0559. The third kappa shape index (κ3) is 9.36. The molecule has 1 aliphatic carbocycles. The quantitative estimate of drug-likeness (QED) is 0.154. The molecule has 45 heavy (non-hydrogen) atoms. The molecule has 0 atom stereocenters. The Hall–Kier alpha value is -4.77. The second-order valence-electron chi connectivity index (χ2n) is 12.2. The molecule has 0 spiro atoms. The van der Waals surface area contributed by atoms with Gasteiger partial charge in [0.2, 0.25) is 5.91 Å². The van der Waals surface area contributed by atoms with Crippen molar-refractivity contribution in [1.82, 2.24) is 25.8 Å². The average molecular weight is 613 g/mol. The molecule has 238 valence electrons. The largest absolute Gasteiger partial charge is 0.457 e. The molecule has 2 heterocycles. The molecule has 0 bridgehead atoms. The number of carbonyl (C=O) groups excluding carboxylic acids is 1. The molecule has 0 aliphatic heterocycles. The van der Waals surface area contributed by atoms with E-state index in [0.717, 1.165) is 37.2 Å². The zero-order valence-electron chi connectivity index (χ0n) is 26.7. The zero-order chi connectivity index (χ0) is 32.4. The highest BCUT2D eigenvalue weighted by Crippen LogP contribution is 2.28. The second-order valence-corrected chi connectivity index (χ2v) is 12.2. The van der Waals surface area contributed by atoms with E-state index in [0.29, 0.717) is 28.4 Å². The summed E-state index contributed by atoms with van der Waals surface area (Å²) >= 11 is 0. The third-order valence-corrected chi connectivity index (χ3v) is 7.32. The number of aromatic nitrogens is 3. The number of hydrogen-bond donors (Lipinski definition) is 5. The Labute approximate surface area is 264 Å². The number of anilines is 2. The third-order valence-electron chi connectivity index (χ3n) is 7.32. The van der Waals surface area contributed by atoms with Crippen LogP contribution in [0.3, 0.4) is 0 Å². The van der Waals surface area contributed by atoms with Crippen LogP contribution in [0.2, 0.25) is 0 Å². The van der Waals surface area contributed by atoms with Crippen LogP contribution in [0.1, 0.15) is 69.0 Å². The number of para-hydroxylation sites is 1. The maximum atomic E-state index is 12.6. The standard InChI is InChI=1S/C32H37N7O3.C2H7N/c1-32(2,3)26-17-23(39-42-26)18-27(40)37-21-11-13-22(14-12-21)38-31-28(30(34)35-19-36-31)29(33)20-9-15-25(16-10-20)41-24-7-5-4-6-8-24;1-3-2/h4-10,15-17,19,21-22,33H,11-14,18H2,1-3H3,(H,37,40)(H3,34,35,36,38);3H,1-2H3. The molecule has 4 aromatic rings. The van der Waals surface area contributed by atoms with Gasteiger partial charge in [0.05, 0.1) is 23.4 Å². The smallest absolute Gasteiger partial charge is 0.226 e. The number of hydrogen-bond acceptors (Lipinski definition) is 10. The van der Waals surface area contributed by atoms with Crippen molar-refractivity contribution >= 4 is 23.3 Å². The summed E-state index contributed by atoms with van der Waals surface area (Å²) in [7, 11) is 3.75. The van der Waals surface area contributed by atoms with Crippen LogP contribution < -0.4 is 26.4 Å². The number of nitrogens with one attached hydrogen (secondary N) is 4. The lowest BCUT2D eigenvalue weighted by molar-refractivity contribution is -0.121. The van der Waals surface area contributed by atoms with Crippen molar-refractivity contribution in [2.45, 2.75) is 70.4 Å². The molecule has 0 saturated heterocycles. The van der Waals surface area contributed by atoms with Crippen LogP contribution in [0.25, 0.3) is 0 Å². The van der Waals surface area contributed by atoms with Gasteiger partial charge >= 0.3 is 0 Å². The van der Waals surface area contributed by atoms with E-state index in [4.69, 9.17) is 20.4 Å². The molecule has 11 heteroatoms. The van der Waals surface area contributed by atoms with E-state index in [1.807, 2.05) is 95.5 Å². The summed E-state index contributed by atoms with van der Waals surface area (Å²) in [4.78, 5) is 21.2. The number of carbonyl (C=O) groups is 1. The first-order valence-corrected chi connectivity index (χ1v) is 15.2. The lowest BCUT2D eigenvalue weighted by Gasteiger charge is -2.30. The van der Waals surface area contributed by atoms with E-state index in [1.165, 1.54) is 6.33 Å². The molecule has 2 aromatic carbocycles. The van der Waals surface area contributed by atoms with Crippen LogP contribution in [-0.4, -0.2) is 52.9 Å². The summed E-state index contributed by atoms with van der Waals surface area (Å²) in [5.74, 6) is 2.90. The topological polar surface area (TPSA) is 164 Å². The van der Waals surface area contributed by atoms with Crippen LogP contribution in [0, 0.1) is 5.41 Å². The van der Waals surface area contributed by atoms with Gasteiger partial charge in [-0.25, -0.2) is 9.97 Å². The van der Waals surface area contributed by atoms with Gasteiger partial charge in [-0.2, -0.15) is 0 Å². The van der Waals surface area contributed by atoms with Gasteiger partial charge in [-0.1, -0.05) is 44.1 Å². The van der Waals surface area contributed by atoms with E-state index >= 15 is 0 Å². The van der Waals surface area contributed by atoms with Crippen LogP contribution in [0.4, 0.5) is 11.6 Å². The predicted octanol–water partition coefficient (Wildman–Crippen LogP) is 5.47. The minimum atomic E-state index is -0.151. The van der Waals surface area contributed by atoms with E-state index in [1.54, 1.807) is 0 Å². The van der Waals surface area contributed by atoms with Gasteiger partial charge in [-0.05, 0) is 76.2 Å². The van der Waals surface area contributed by atoms with Gasteiger partial charge in [-0.3, -0.25) is 10.2 Å². The summed E-state index contributed by atoms with van der Waals surface area (Å²) in [6, 6.07) is 18.9. The van der Waals surface area contributed by atoms with E-state index in [2.05, 4.69) is 31.1 Å². The molecule has 2 aromatic heterocycles. The van der Waals surface area contributed by atoms with Crippen LogP contribution in [0.15, 0.2) is 71.5 Å². The zero-order valence-corrected chi connectivity index (χ0v) is 26.7. The van der Waals surface area contributed by atoms with Crippen molar-refractivity contribution in [1.29, 1.82) is 5.41 Å². The molecular formula is C34H44N8O3. The number of benzene rings is 2. The maximum Gasteiger partial charge on any atom is 0.226 e. The Morgan fingerprint density at radius 1 is 0.978 bits per heavy atom. The lowest BCUT2D eigenvalue weighted by Crippen LogP contribution is -2.41. The molecule has 1 amide bonds. The highest BCUT2D eigenvalue weighted by atomic mass is 16.5. The number of amides is 1. The monoisotopic (exact) mass is 612 g/mol. The highest BCUT2D eigenvalue weighted by molar-refractivity contribution is 6.16. The van der Waals surface area contributed by atoms with Crippen LogP contribution in [0.5, 0.6) is 11.5 Å². The first kappa shape index (κ1) is 33.1. The van der Waals surface area contributed by atoms with E-state index in [-0.39, 0.29) is 41.4 Å². The molecule has 11 nitrogen and oxygen atoms in total. The van der Waals surface area contributed by atoms with Crippen molar-refractivity contribution in [3.63, 3.8) is 0 Å². The van der Waals surface area contributed by atoms with Gasteiger partial charge in [0.25, 0.3) is 0 Å². The maximum absolute atomic E-state index is 12.6. The highest BCUT2D eigenvalue weighted by Gasteiger charge is 2.26. The van der Waals surface area contributed by atoms with Crippen molar-refractivity contribution in [3.05, 3.63) is 89.6 Å². The van der Waals surface area contributed by atoms with Crippen LogP contribution in [-0.2, 0) is 16.6 Å². The van der Waals surface area contributed by atoms with Gasteiger partial charge < -0.3 is 30.9 Å². The molecule has 0 radical (unpaired) electrons. The van der Waals surface area contributed by atoms with Gasteiger partial charge in [0.1, 0.15) is 35.2 Å². The number of nitrogens with zero attached hydrogens (tertiary/aromatic N) is 3. The fourth-order valence-corrected chi connectivity index (χ4v) is 4.98. The number of ether oxygens (including phenoxy) is 1. The van der Waals surface area contributed by atoms with Gasteiger partial charge in [-0.15, -0.1) is 0 Å². The molecular weight excluding hydrogens is 568 g/mol. The normalized spacial score (nSPS) is 16.2. The summed E-state index contributed by atoms with van der Waals surface area (Å²) in [5.41, 5.74) is 8.10. The number of nitrogen functional groups attached to an aromatic ring is 1. The van der Waals surface area contributed by atoms with Crippen molar-refractivity contribution in [2.75, 3.05) is 25.1 Å². The Kier molecular flexibility index (Phi) is 11.3. The van der Waals surface area contributed by atoms with Crippen molar-refractivity contribution in [3.8, 4) is 11.5 Å². The number of nitrogens with two attached hydrogens (primary N) is 1. The Morgan fingerprint density at radius 3 is 2.22 bits per heavy atom. The summed E-state index contributed by atoms with van der Waals surface area (Å²) < 4.78 is 11.3. The molecule has 6 N–H and O–H groups in total. The summed E-state index contributed by atoms with van der Waals surface area (Å²) in [6.45, 7) is 6.14. The minimum Gasteiger partial charge on any atom is -0.457 e. The summed E-state index contributed by atoms with van der Waals surface area (Å²) in [5, 5.41) is 22.3. The van der Waals surface area contributed by atoms with Crippen LogP contribution >= 0.6 is 0 Å². The van der Waals surface area contributed by atoms with E-state index in [9.17, 15) is 4.79 Å². The number of rotatable bonds is 9. The first-order chi connectivity index (χ1) is 21.6. The molecule has 1 aliphatic rings. The summed E-state index contributed by atoms with van der Waals surface area (Å²) in [6.07, 6.45) is 4.93. The lowest BCUT2D eigenvalue weighted by atomic mass is 9.90. The van der Waals surface area contributed by atoms with E-state index < -0.39 is 0 Å². The van der Waals surface area contributed by atoms with Gasteiger partial charge in [0, 0.05) is 29.1 Å². The van der Waals surface area contributed by atoms with Crippen molar-refractivity contribution < 1.29 is 14.1 Å². The molecule has 1 saturated carbocycles. The van der Waals surface area contributed by atoms with Crippen molar-refractivity contribution in [2.24, 2.45) is 0 Å². The Morgan fingerprint density at radius 2 is 1.60 bits per heavy atom. The molecule has 1 fully saturated rings. The predicted molar refractivity (Wildman–Crippen MR) is 177 cm³/mol. The SMILES string of the molecule is CC(C)(C)c1cc(CC(=O)NC2CCC(Nc3ncnc(N)c3C(=N)c3ccc(Oc4ccccc4)cc3)CC2)no1.CNC. The second kappa shape index (κ2) is 15.3. The fourth-order valence-electron chi connectivity index (χ4n) is 4.98.